The van der Waals surface area contributed by atoms with Crippen LogP contribution in [-0.4, -0.2) is 25.9 Å². The van der Waals surface area contributed by atoms with Gasteiger partial charge in [-0.15, -0.1) is 0 Å². The molecular weight excluding hydrogens is 264 g/mol. The molecule has 106 valence electrons. The molecule has 0 aromatic heterocycles. The van der Waals surface area contributed by atoms with Gasteiger partial charge in [-0.05, 0) is 24.6 Å². The lowest BCUT2D eigenvalue weighted by atomic mass is 10.2. The van der Waals surface area contributed by atoms with Gasteiger partial charge in [0.2, 0.25) is 12.3 Å². The van der Waals surface area contributed by atoms with Crippen LogP contribution in [0, 0.1) is 6.92 Å². The minimum atomic E-state index is -0.296. The zero-order valence-corrected chi connectivity index (χ0v) is 12.6. The van der Waals surface area contributed by atoms with Crippen molar-refractivity contribution >= 4 is 29.6 Å². The molecule has 1 aromatic carbocycles. The number of benzene rings is 1. The van der Waals surface area contributed by atoms with E-state index < -0.39 is 0 Å². The molecule has 0 spiro atoms. The first-order chi connectivity index (χ1) is 9.04. The molecule has 0 aliphatic heterocycles. The summed E-state index contributed by atoms with van der Waals surface area (Å²) in [5.74, 6) is -0.296. The van der Waals surface area contributed by atoms with Gasteiger partial charge >= 0.3 is 0 Å². The van der Waals surface area contributed by atoms with Crippen LogP contribution in [0.15, 0.2) is 18.2 Å². The number of nitrogens with zero attached hydrogens (tertiary/aromatic N) is 1. The quantitative estimate of drug-likeness (QED) is 0.846. The summed E-state index contributed by atoms with van der Waals surface area (Å²) in [5, 5.41) is 2.75. The van der Waals surface area contributed by atoms with Crippen LogP contribution in [0.1, 0.15) is 25.8 Å². The standard InChI is InChI=1S/C12H15ClN2O2.C2H6/c1-9-3-4-11(10(13)7-9)15(2)6-5-12(17)14-8-16;1-2/h3-4,7-8H,5-6H2,1-2H3,(H,14,16,17);1-2H3. The Morgan fingerprint density at radius 3 is 2.58 bits per heavy atom. The highest BCUT2D eigenvalue weighted by molar-refractivity contribution is 6.33. The molecule has 0 saturated heterocycles. The zero-order chi connectivity index (χ0) is 14.8. The van der Waals surface area contributed by atoms with Crippen molar-refractivity contribution in [3.63, 3.8) is 0 Å². The maximum Gasteiger partial charge on any atom is 0.228 e. The first-order valence-corrected chi connectivity index (χ1v) is 6.62. The second-order valence-electron chi connectivity index (χ2n) is 3.81. The van der Waals surface area contributed by atoms with Crippen molar-refractivity contribution in [3.8, 4) is 0 Å². The van der Waals surface area contributed by atoms with Crippen LogP contribution >= 0.6 is 11.6 Å². The van der Waals surface area contributed by atoms with E-state index in [-0.39, 0.29) is 12.3 Å². The summed E-state index contributed by atoms with van der Waals surface area (Å²) in [5.41, 5.74) is 1.96. The first kappa shape index (κ1) is 17.4. The Morgan fingerprint density at radius 1 is 1.42 bits per heavy atom. The van der Waals surface area contributed by atoms with E-state index in [0.29, 0.717) is 18.0 Å². The summed E-state index contributed by atoms with van der Waals surface area (Å²) in [4.78, 5) is 23.1. The van der Waals surface area contributed by atoms with Gasteiger partial charge < -0.3 is 4.90 Å². The Morgan fingerprint density at radius 2 is 2.05 bits per heavy atom. The number of imide groups is 1. The van der Waals surface area contributed by atoms with Gasteiger partial charge in [0.15, 0.2) is 0 Å². The van der Waals surface area contributed by atoms with E-state index >= 15 is 0 Å². The lowest BCUT2D eigenvalue weighted by molar-refractivity contribution is -0.125. The topological polar surface area (TPSA) is 49.4 Å². The number of rotatable bonds is 5. The third-order valence-corrected chi connectivity index (χ3v) is 2.71. The van der Waals surface area contributed by atoms with Gasteiger partial charge in [0, 0.05) is 20.0 Å². The number of halogens is 1. The second-order valence-corrected chi connectivity index (χ2v) is 4.22. The molecule has 0 heterocycles. The maximum absolute atomic E-state index is 11.1. The van der Waals surface area contributed by atoms with E-state index in [1.54, 1.807) is 0 Å². The molecule has 5 heteroatoms. The van der Waals surface area contributed by atoms with Crippen LogP contribution < -0.4 is 10.2 Å². The zero-order valence-electron chi connectivity index (χ0n) is 11.9. The van der Waals surface area contributed by atoms with Crippen molar-refractivity contribution in [2.24, 2.45) is 0 Å². The number of carbonyl (C=O) groups excluding carboxylic acids is 2. The van der Waals surface area contributed by atoms with Gasteiger partial charge in [0.25, 0.3) is 0 Å². The Hall–Kier alpha value is -1.55. The molecule has 0 atom stereocenters. The average Bonchev–Trinajstić information content (AvgIpc) is 2.39. The number of nitrogens with one attached hydrogen (secondary N) is 1. The summed E-state index contributed by atoms with van der Waals surface area (Å²) >= 11 is 6.10. The van der Waals surface area contributed by atoms with Crippen LogP contribution in [0.2, 0.25) is 5.02 Å². The number of amides is 2. The highest BCUT2D eigenvalue weighted by Gasteiger charge is 2.08. The molecule has 1 aromatic rings. The fourth-order valence-electron chi connectivity index (χ4n) is 1.45. The first-order valence-electron chi connectivity index (χ1n) is 6.25. The largest absolute Gasteiger partial charge is 0.373 e. The Labute approximate surface area is 119 Å². The normalized spacial score (nSPS) is 9.11. The Balaban J connectivity index is 0.00000154. The smallest absolute Gasteiger partial charge is 0.228 e. The van der Waals surface area contributed by atoms with Crippen LogP contribution in [0.5, 0.6) is 0 Å². The predicted molar refractivity (Wildman–Crippen MR) is 79.6 cm³/mol. The van der Waals surface area contributed by atoms with Crippen LogP contribution in [0.4, 0.5) is 5.69 Å². The van der Waals surface area contributed by atoms with Crippen LogP contribution in [0.25, 0.3) is 0 Å². The van der Waals surface area contributed by atoms with E-state index in [1.165, 1.54) is 0 Å². The van der Waals surface area contributed by atoms with Crippen molar-refractivity contribution in [2.75, 3.05) is 18.5 Å². The SMILES string of the molecule is CC.Cc1ccc(N(C)CCC(=O)NC=O)c(Cl)c1. The minimum absolute atomic E-state index is 0.249. The van der Waals surface area contributed by atoms with Crippen LogP contribution in [0.3, 0.4) is 0 Å². The Kier molecular flexibility index (Phi) is 8.62. The van der Waals surface area contributed by atoms with Gasteiger partial charge in [-0.2, -0.15) is 0 Å². The number of hydrogen-bond donors (Lipinski definition) is 1. The Bertz CT molecular complexity index is 422. The molecule has 0 aliphatic carbocycles. The summed E-state index contributed by atoms with van der Waals surface area (Å²) < 4.78 is 0. The summed E-state index contributed by atoms with van der Waals surface area (Å²) in [6, 6.07) is 5.75. The van der Waals surface area contributed by atoms with E-state index in [1.807, 2.05) is 50.9 Å². The fraction of sp³-hybridized carbons (Fsp3) is 0.429. The van der Waals surface area contributed by atoms with E-state index in [4.69, 9.17) is 11.6 Å². The molecular formula is C14H21ClN2O2. The second kappa shape index (κ2) is 9.39. The number of carbonyl (C=O) groups is 2. The van der Waals surface area contributed by atoms with E-state index in [9.17, 15) is 9.59 Å². The third kappa shape index (κ3) is 6.25. The van der Waals surface area contributed by atoms with Crippen molar-refractivity contribution in [2.45, 2.75) is 27.2 Å². The lowest BCUT2D eigenvalue weighted by Crippen LogP contribution is -2.27. The molecule has 0 saturated carbocycles. The van der Waals surface area contributed by atoms with Crippen molar-refractivity contribution < 1.29 is 9.59 Å². The number of anilines is 1. The number of aryl methyl sites for hydroxylation is 1. The van der Waals surface area contributed by atoms with Gasteiger partial charge in [0.05, 0.1) is 10.7 Å². The molecule has 0 radical (unpaired) electrons. The van der Waals surface area contributed by atoms with E-state index in [0.717, 1.165) is 11.3 Å². The highest BCUT2D eigenvalue weighted by atomic mass is 35.5. The maximum atomic E-state index is 11.1. The van der Waals surface area contributed by atoms with Gasteiger partial charge in [-0.1, -0.05) is 31.5 Å². The minimum Gasteiger partial charge on any atom is -0.373 e. The molecule has 0 fully saturated rings. The third-order valence-electron chi connectivity index (χ3n) is 2.41. The molecule has 4 nitrogen and oxygen atoms in total. The van der Waals surface area contributed by atoms with Crippen molar-refractivity contribution in [1.82, 2.24) is 5.32 Å². The summed E-state index contributed by atoms with van der Waals surface area (Å²) in [7, 11) is 1.85. The average molecular weight is 285 g/mol. The van der Waals surface area contributed by atoms with Gasteiger partial charge in [0.1, 0.15) is 0 Å². The lowest BCUT2D eigenvalue weighted by Gasteiger charge is -2.20. The molecule has 19 heavy (non-hydrogen) atoms. The molecule has 0 unspecified atom stereocenters. The van der Waals surface area contributed by atoms with Gasteiger partial charge in [-0.25, -0.2) is 0 Å². The predicted octanol–water partition coefficient (Wildman–Crippen LogP) is 2.77. The van der Waals surface area contributed by atoms with Crippen molar-refractivity contribution in [3.05, 3.63) is 28.8 Å². The van der Waals surface area contributed by atoms with Gasteiger partial charge in [-0.3, -0.25) is 14.9 Å². The summed E-state index contributed by atoms with van der Waals surface area (Å²) in [6.07, 6.45) is 0.640. The molecule has 2 amide bonds. The van der Waals surface area contributed by atoms with E-state index in [2.05, 4.69) is 5.32 Å². The van der Waals surface area contributed by atoms with Crippen LogP contribution in [-0.2, 0) is 9.59 Å². The molecule has 1 rings (SSSR count). The fourth-order valence-corrected chi connectivity index (χ4v) is 1.83. The van der Waals surface area contributed by atoms with Crippen molar-refractivity contribution in [1.29, 1.82) is 0 Å². The number of hydrogen-bond acceptors (Lipinski definition) is 3. The molecule has 0 aliphatic rings. The molecule has 1 N–H and O–H groups in total. The highest BCUT2D eigenvalue weighted by Crippen LogP contribution is 2.25. The molecule has 0 bridgehead atoms. The monoisotopic (exact) mass is 284 g/mol. The summed E-state index contributed by atoms with van der Waals surface area (Å²) in [6.45, 7) is 6.47.